The quantitative estimate of drug-likeness (QED) is 0.581. The highest BCUT2D eigenvalue weighted by atomic mass is 14.8. The van der Waals surface area contributed by atoms with Gasteiger partial charge in [-0.3, -0.25) is 4.99 Å². The Morgan fingerprint density at radius 2 is 2.08 bits per heavy atom. The second-order valence-corrected chi connectivity index (χ2v) is 2.17. The van der Waals surface area contributed by atoms with Crippen molar-refractivity contribution in [3.05, 3.63) is 0 Å². The van der Waals surface area contributed by atoms with Crippen molar-refractivity contribution in [3.63, 3.8) is 0 Å². The average Bonchev–Trinajstić information content (AvgIpc) is 2.11. The predicted molar refractivity (Wildman–Crippen MR) is 43.0 cm³/mol. The summed E-state index contributed by atoms with van der Waals surface area (Å²) in [5.74, 6) is 0. The molecule has 0 radical (unpaired) electrons. The lowest BCUT2D eigenvalue weighted by molar-refractivity contribution is 0.752. The van der Waals surface area contributed by atoms with E-state index in [0.717, 1.165) is 0 Å². The lowest BCUT2D eigenvalue weighted by Gasteiger charge is -1.97. The first-order valence-electron chi connectivity index (χ1n) is 3.45. The summed E-state index contributed by atoms with van der Waals surface area (Å²) in [4.78, 5) is 3.79. The summed E-state index contributed by atoms with van der Waals surface area (Å²) in [6.07, 6.45) is 0.687. The van der Waals surface area contributed by atoms with Crippen LogP contribution in [0.15, 0.2) is 4.99 Å². The minimum atomic E-state index is -0.552. The normalized spacial score (nSPS) is 12.3. The molecule has 0 aliphatic heterocycles. The Kier molecular flexibility index (Phi) is 4.98. The molecule has 4 nitrogen and oxygen atoms in total. The monoisotopic (exact) mass is 160 g/mol. The topological polar surface area (TPSA) is 83.7 Å². The third-order valence-electron chi connectivity index (χ3n) is 1.19. The average molecular weight is 160 g/mol. The Balaban J connectivity index is 4.15. The molecule has 0 aromatic rings. The molecule has 0 rings (SSSR count). The molecular formula is C8H8N4. The first-order valence-corrected chi connectivity index (χ1v) is 3.45. The van der Waals surface area contributed by atoms with Crippen LogP contribution in [0.1, 0.15) is 19.8 Å². The van der Waals surface area contributed by atoms with E-state index >= 15 is 0 Å². The van der Waals surface area contributed by atoms with Gasteiger partial charge in [-0.15, -0.1) is 0 Å². The molecule has 1 atom stereocenters. The van der Waals surface area contributed by atoms with Crippen molar-refractivity contribution < 1.29 is 0 Å². The molecule has 0 aromatic heterocycles. The molecule has 0 aromatic carbocycles. The maximum atomic E-state index is 8.52. The summed E-state index contributed by atoms with van der Waals surface area (Å²) in [6, 6.07) is 5.10. The molecule has 0 aliphatic carbocycles. The van der Waals surface area contributed by atoms with Gasteiger partial charge in [-0.1, -0.05) is 0 Å². The highest BCUT2D eigenvalue weighted by Gasteiger charge is 2.03. The van der Waals surface area contributed by atoms with Gasteiger partial charge < -0.3 is 0 Å². The van der Waals surface area contributed by atoms with Gasteiger partial charge in [0.15, 0.2) is 0 Å². The molecule has 0 fully saturated rings. The van der Waals surface area contributed by atoms with E-state index in [9.17, 15) is 0 Å². The number of nitrogens with zero attached hydrogens (tertiary/aromatic N) is 4. The van der Waals surface area contributed by atoms with Crippen molar-refractivity contribution in [2.24, 2.45) is 4.99 Å². The standard InChI is InChI=1S/C8H8N4/c1-7(5-10)12-8(6-11)3-2-4-9/h8H,2-3H2,1H3. The molecule has 4 heteroatoms. The lowest BCUT2D eigenvalue weighted by atomic mass is 10.2. The summed E-state index contributed by atoms with van der Waals surface area (Å²) < 4.78 is 0. The van der Waals surface area contributed by atoms with Crippen molar-refractivity contribution in [3.8, 4) is 18.2 Å². The van der Waals surface area contributed by atoms with E-state index in [1.54, 1.807) is 0 Å². The summed E-state index contributed by atoms with van der Waals surface area (Å²) in [6.45, 7) is 1.54. The van der Waals surface area contributed by atoms with E-state index in [4.69, 9.17) is 15.8 Å². The van der Waals surface area contributed by atoms with Gasteiger partial charge in [0.25, 0.3) is 0 Å². The van der Waals surface area contributed by atoms with Crippen molar-refractivity contribution in [1.82, 2.24) is 0 Å². The predicted octanol–water partition coefficient (Wildman–Crippen LogP) is 1.17. The summed E-state index contributed by atoms with van der Waals surface area (Å²) >= 11 is 0. The van der Waals surface area contributed by atoms with Gasteiger partial charge in [0.05, 0.1) is 12.1 Å². The second-order valence-electron chi connectivity index (χ2n) is 2.17. The van der Waals surface area contributed by atoms with Gasteiger partial charge in [-0.25, -0.2) is 0 Å². The maximum absolute atomic E-state index is 8.52. The lowest BCUT2D eigenvalue weighted by Crippen LogP contribution is -2.03. The molecular weight excluding hydrogens is 152 g/mol. The van der Waals surface area contributed by atoms with Crippen LogP contribution < -0.4 is 0 Å². The van der Waals surface area contributed by atoms with Crippen LogP contribution in [0.4, 0.5) is 0 Å². The maximum Gasteiger partial charge on any atom is 0.138 e. The van der Waals surface area contributed by atoms with Crippen LogP contribution in [-0.4, -0.2) is 11.8 Å². The van der Waals surface area contributed by atoms with Crippen LogP contribution in [0, 0.1) is 34.0 Å². The first-order chi connectivity index (χ1) is 5.74. The largest absolute Gasteiger partial charge is 0.260 e. The number of nitriles is 3. The zero-order valence-electron chi connectivity index (χ0n) is 6.78. The number of rotatable bonds is 3. The Morgan fingerprint density at radius 3 is 2.50 bits per heavy atom. The van der Waals surface area contributed by atoms with E-state index in [1.807, 2.05) is 18.2 Å². The molecule has 0 N–H and O–H groups in total. The van der Waals surface area contributed by atoms with Crippen molar-refractivity contribution in [1.29, 1.82) is 15.8 Å². The zero-order valence-corrected chi connectivity index (χ0v) is 6.78. The number of hydrogen-bond acceptors (Lipinski definition) is 4. The molecule has 1 unspecified atom stereocenters. The number of hydrogen-bond donors (Lipinski definition) is 0. The van der Waals surface area contributed by atoms with Gasteiger partial charge in [-0.05, 0) is 13.3 Å². The molecule has 60 valence electrons. The summed E-state index contributed by atoms with van der Waals surface area (Å²) in [5.41, 5.74) is 0.277. The Labute approximate surface area is 71.4 Å². The third-order valence-corrected chi connectivity index (χ3v) is 1.19. The Hall–Kier alpha value is -1.86. The molecule has 0 spiro atoms. The molecule has 0 saturated heterocycles. The van der Waals surface area contributed by atoms with Crippen molar-refractivity contribution >= 4 is 5.71 Å². The van der Waals surface area contributed by atoms with Gasteiger partial charge in [-0.2, -0.15) is 15.8 Å². The zero-order chi connectivity index (χ0) is 9.40. The minimum absolute atomic E-state index is 0.277. The first kappa shape index (κ1) is 10.1. The SMILES string of the molecule is CC(C#N)=NC(C#N)CCC#N. The van der Waals surface area contributed by atoms with E-state index in [-0.39, 0.29) is 5.71 Å². The van der Waals surface area contributed by atoms with Crippen LogP contribution in [-0.2, 0) is 0 Å². The van der Waals surface area contributed by atoms with E-state index in [2.05, 4.69) is 4.99 Å². The van der Waals surface area contributed by atoms with Gasteiger partial charge in [0.1, 0.15) is 17.8 Å². The molecule has 0 saturated carbocycles. The highest BCUT2D eigenvalue weighted by molar-refractivity contribution is 5.96. The van der Waals surface area contributed by atoms with Crippen LogP contribution in [0.5, 0.6) is 0 Å². The fraction of sp³-hybridized carbons (Fsp3) is 0.500. The van der Waals surface area contributed by atoms with Crippen LogP contribution in [0.2, 0.25) is 0 Å². The van der Waals surface area contributed by atoms with Gasteiger partial charge in [0, 0.05) is 6.42 Å². The van der Waals surface area contributed by atoms with Crippen LogP contribution >= 0.6 is 0 Å². The fourth-order valence-electron chi connectivity index (χ4n) is 0.622. The van der Waals surface area contributed by atoms with Crippen molar-refractivity contribution in [2.45, 2.75) is 25.8 Å². The minimum Gasteiger partial charge on any atom is -0.260 e. The molecule has 0 aliphatic rings. The van der Waals surface area contributed by atoms with Gasteiger partial charge >= 0.3 is 0 Å². The van der Waals surface area contributed by atoms with E-state index in [0.29, 0.717) is 12.8 Å². The number of aliphatic imine (C=N–C) groups is 1. The van der Waals surface area contributed by atoms with Crippen LogP contribution in [0.3, 0.4) is 0 Å². The fourth-order valence-corrected chi connectivity index (χ4v) is 0.622. The smallest absolute Gasteiger partial charge is 0.138 e. The van der Waals surface area contributed by atoms with Crippen molar-refractivity contribution in [2.75, 3.05) is 0 Å². The Bertz CT molecular complexity index is 284. The molecule has 12 heavy (non-hydrogen) atoms. The molecule has 0 heterocycles. The molecule has 0 bridgehead atoms. The van der Waals surface area contributed by atoms with Crippen LogP contribution in [0.25, 0.3) is 0 Å². The summed E-state index contributed by atoms with van der Waals surface area (Å²) in [7, 11) is 0. The van der Waals surface area contributed by atoms with E-state index < -0.39 is 6.04 Å². The van der Waals surface area contributed by atoms with E-state index in [1.165, 1.54) is 6.92 Å². The Morgan fingerprint density at radius 1 is 1.42 bits per heavy atom. The summed E-state index contributed by atoms with van der Waals surface area (Å²) in [5, 5.41) is 25.1. The molecule has 0 amide bonds. The third kappa shape index (κ3) is 4.04. The highest BCUT2D eigenvalue weighted by Crippen LogP contribution is 2.00. The second kappa shape index (κ2) is 5.89. The van der Waals surface area contributed by atoms with Gasteiger partial charge in [0.2, 0.25) is 0 Å².